The highest BCUT2D eigenvalue weighted by Crippen LogP contribution is 2.33. The van der Waals surface area contributed by atoms with Gasteiger partial charge in [0.1, 0.15) is 18.2 Å². The molecule has 0 amide bonds. The Kier molecular flexibility index (Phi) is 1.89. The summed E-state index contributed by atoms with van der Waals surface area (Å²) < 4.78 is 18.8. The molecule has 1 aromatic rings. The van der Waals surface area contributed by atoms with E-state index in [0.29, 0.717) is 11.1 Å². The van der Waals surface area contributed by atoms with Crippen LogP contribution in [0.15, 0.2) is 22.7 Å². The van der Waals surface area contributed by atoms with Crippen molar-refractivity contribution in [1.82, 2.24) is 0 Å². The van der Waals surface area contributed by atoms with Crippen molar-refractivity contribution >= 4 is 22.0 Å². The van der Waals surface area contributed by atoms with Gasteiger partial charge in [-0.15, -0.1) is 0 Å². The second kappa shape index (κ2) is 2.90. The van der Waals surface area contributed by atoms with Crippen molar-refractivity contribution in [1.29, 1.82) is 0 Å². The molecule has 62 valence electrons. The third kappa shape index (κ3) is 1.25. The lowest BCUT2D eigenvalue weighted by Crippen LogP contribution is -2.01. The first kappa shape index (κ1) is 7.80. The average molecular weight is 229 g/mol. The zero-order valence-corrected chi connectivity index (χ0v) is 7.77. The molecule has 1 heterocycles. The molecule has 1 nitrogen and oxygen atoms in total. The van der Waals surface area contributed by atoms with Crippen LogP contribution in [0.5, 0.6) is 5.75 Å². The monoisotopic (exact) mass is 228 g/mol. The summed E-state index contributed by atoms with van der Waals surface area (Å²) in [6, 6.07) is 2.85. The summed E-state index contributed by atoms with van der Waals surface area (Å²) in [5.74, 6) is 0.467. The number of fused-ring (bicyclic) bond motifs is 1. The fourth-order valence-corrected chi connectivity index (χ4v) is 1.72. The smallest absolute Gasteiger partial charge is 0.141 e. The van der Waals surface area contributed by atoms with Crippen LogP contribution in [-0.4, -0.2) is 6.61 Å². The molecule has 0 aromatic heterocycles. The maximum absolute atomic E-state index is 12.8. The lowest BCUT2D eigenvalue weighted by molar-refractivity contribution is 0.355. The van der Waals surface area contributed by atoms with Gasteiger partial charge in [0.15, 0.2) is 0 Å². The molecule has 0 spiro atoms. The van der Waals surface area contributed by atoms with Crippen LogP contribution in [0, 0.1) is 5.82 Å². The van der Waals surface area contributed by atoms with Gasteiger partial charge in [-0.3, -0.25) is 0 Å². The molecule has 3 heteroatoms. The molecule has 2 rings (SSSR count). The summed E-state index contributed by atoms with van der Waals surface area (Å²) in [4.78, 5) is 0. The molecule has 0 atom stereocenters. The fraction of sp³-hybridized carbons (Fsp3) is 0.111. The Bertz CT molecular complexity index is 347. The highest BCUT2D eigenvalue weighted by Gasteiger charge is 2.10. The van der Waals surface area contributed by atoms with Crippen LogP contribution in [0.3, 0.4) is 0 Å². The Labute approximate surface area is 78.0 Å². The van der Waals surface area contributed by atoms with Crippen molar-refractivity contribution in [3.63, 3.8) is 0 Å². The molecule has 0 aliphatic carbocycles. The van der Waals surface area contributed by atoms with E-state index in [2.05, 4.69) is 15.9 Å². The van der Waals surface area contributed by atoms with Crippen LogP contribution in [0.1, 0.15) is 5.56 Å². The summed E-state index contributed by atoms with van der Waals surface area (Å²) in [6.45, 7) is 0.553. The first-order chi connectivity index (χ1) is 5.77. The van der Waals surface area contributed by atoms with E-state index in [1.165, 1.54) is 12.1 Å². The van der Waals surface area contributed by atoms with Crippen LogP contribution in [0.2, 0.25) is 0 Å². The highest BCUT2D eigenvalue weighted by atomic mass is 79.9. The Balaban J connectivity index is 2.62. The van der Waals surface area contributed by atoms with Gasteiger partial charge >= 0.3 is 0 Å². The quantitative estimate of drug-likeness (QED) is 0.664. The van der Waals surface area contributed by atoms with Gasteiger partial charge in [-0.25, -0.2) is 4.39 Å². The molecule has 1 aliphatic heterocycles. The lowest BCUT2D eigenvalue weighted by Gasteiger charge is -2.13. The minimum absolute atomic E-state index is 0.254. The maximum atomic E-state index is 12.8. The predicted octanol–water partition coefficient (Wildman–Crippen LogP) is 2.99. The van der Waals surface area contributed by atoms with Crippen LogP contribution >= 0.6 is 15.9 Å². The van der Waals surface area contributed by atoms with E-state index in [4.69, 9.17) is 4.74 Å². The highest BCUT2D eigenvalue weighted by molar-refractivity contribution is 9.10. The number of rotatable bonds is 0. The normalized spacial score (nSPS) is 13.8. The van der Waals surface area contributed by atoms with E-state index in [9.17, 15) is 4.39 Å². The lowest BCUT2D eigenvalue weighted by atomic mass is 10.1. The van der Waals surface area contributed by atoms with E-state index in [1.807, 2.05) is 12.2 Å². The van der Waals surface area contributed by atoms with Crippen LogP contribution in [-0.2, 0) is 0 Å². The van der Waals surface area contributed by atoms with E-state index in [1.54, 1.807) is 0 Å². The fourth-order valence-electron chi connectivity index (χ4n) is 1.16. The van der Waals surface area contributed by atoms with E-state index in [-0.39, 0.29) is 5.82 Å². The summed E-state index contributed by atoms with van der Waals surface area (Å²) >= 11 is 3.23. The first-order valence-electron chi connectivity index (χ1n) is 3.56. The third-order valence-corrected chi connectivity index (χ3v) is 2.25. The van der Waals surface area contributed by atoms with Crippen molar-refractivity contribution in [3.05, 3.63) is 34.1 Å². The molecule has 0 radical (unpaired) electrons. The van der Waals surface area contributed by atoms with Crippen molar-refractivity contribution < 1.29 is 9.13 Å². The Hall–Kier alpha value is -0.830. The van der Waals surface area contributed by atoms with E-state index < -0.39 is 0 Å². The Morgan fingerprint density at radius 3 is 3.08 bits per heavy atom. The van der Waals surface area contributed by atoms with Crippen LogP contribution in [0.4, 0.5) is 4.39 Å². The van der Waals surface area contributed by atoms with Crippen LogP contribution < -0.4 is 4.74 Å². The average Bonchev–Trinajstić information content (AvgIpc) is 2.04. The zero-order valence-electron chi connectivity index (χ0n) is 6.18. The molecule has 12 heavy (non-hydrogen) atoms. The largest absolute Gasteiger partial charge is 0.488 e. The van der Waals surface area contributed by atoms with Gasteiger partial charge in [0.2, 0.25) is 0 Å². The van der Waals surface area contributed by atoms with Crippen molar-refractivity contribution in [2.75, 3.05) is 6.61 Å². The van der Waals surface area contributed by atoms with Crippen molar-refractivity contribution in [2.24, 2.45) is 0 Å². The molecule has 0 saturated heterocycles. The molecule has 0 N–H and O–H groups in total. The molecule has 0 bridgehead atoms. The number of ether oxygens (including phenoxy) is 1. The zero-order chi connectivity index (χ0) is 8.55. The summed E-state index contributed by atoms with van der Waals surface area (Å²) in [5.41, 5.74) is 0.785. The predicted molar refractivity (Wildman–Crippen MR) is 48.6 cm³/mol. The molecule has 0 fully saturated rings. The number of halogens is 2. The number of benzene rings is 1. The minimum Gasteiger partial charge on any atom is -0.488 e. The molecule has 1 aliphatic rings. The summed E-state index contributed by atoms with van der Waals surface area (Å²) in [7, 11) is 0. The number of hydrogen-bond acceptors (Lipinski definition) is 1. The molecular weight excluding hydrogens is 223 g/mol. The second-order valence-electron chi connectivity index (χ2n) is 2.52. The third-order valence-electron chi connectivity index (χ3n) is 1.66. The Morgan fingerprint density at radius 2 is 2.25 bits per heavy atom. The molecule has 0 saturated carbocycles. The summed E-state index contributed by atoms with van der Waals surface area (Å²) in [6.07, 6.45) is 3.71. The minimum atomic E-state index is -0.254. The van der Waals surface area contributed by atoms with Crippen molar-refractivity contribution in [3.8, 4) is 5.75 Å². The van der Waals surface area contributed by atoms with Crippen molar-refractivity contribution in [2.45, 2.75) is 0 Å². The van der Waals surface area contributed by atoms with Gasteiger partial charge in [-0.1, -0.05) is 6.08 Å². The second-order valence-corrected chi connectivity index (χ2v) is 3.37. The molecule has 1 aromatic carbocycles. The van der Waals surface area contributed by atoms with E-state index >= 15 is 0 Å². The van der Waals surface area contributed by atoms with E-state index in [0.717, 1.165) is 11.3 Å². The van der Waals surface area contributed by atoms with Gasteiger partial charge in [-0.05, 0) is 34.1 Å². The van der Waals surface area contributed by atoms with Gasteiger partial charge in [0.05, 0.1) is 4.47 Å². The first-order valence-corrected chi connectivity index (χ1v) is 4.35. The maximum Gasteiger partial charge on any atom is 0.141 e. The van der Waals surface area contributed by atoms with Gasteiger partial charge in [-0.2, -0.15) is 0 Å². The summed E-state index contributed by atoms with van der Waals surface area (Å²) in [5, 5.41) is 0. The molecular formula is C9H6BrFO. The van der Waals surface area contributed by atoms with Gasteiger partial charge in [0, 0.05) is 5.56 Å². The van der Waals surface area contributed by atoms with Gasteiger partial charge < -0.3 is 4.74 Å². The number of hydrogen-bond donors (Lipinski definition) is 0. The standard InChI is InChI=1S/C9H6BrFO/c10-8-5-7(11)4-6-2-1-3-12-9(6)8/h1-2,4-5H,3H2. The van der Waals surface area contributed by atoms with Crippen LogP contribution in [0.25, 0.3) is 6.08 Å². The topological polar surface area (TPSA) is 9.23 Å². The Morgan fingerprint density at radius 1 is 1.42 bits per heavy atom. The molecule has 0 unspecified atom stereocenters. The van der Waals surface area contributed by atoms with Gasteiger partial charge in [0.25, 0.3) is 0 Å². The SMILES string of the molecule is Fc1cc(Br)c2c(c1)C=CCO2.